The number of aliphatic hydroxyl groups excluding tert-OH is 1. The van der Waals surface area contributed by atoms with Crippen LogP contribution in [0.3, 0.4) is 0 Å². The number of fused-ring (bicyclic) bond motifs is 1. The van der Waals surface area contributed by atoms with E-state index in [1.165, 1.54) is 5.56 Å². The number of hydrogen-bond donors (Lipinski definition) is 1. The molecule has 0 bridgehead atoms. The molecule has 5 rings (SSSR count). The van der Waals surface area contributed by atoms with Crippen LogP contribution in [-0.2, 0) is 0 Å². The molecule has 0 spiro atoms. The molecule has 1 N–H and O–H groups in total. The average molecular weight is 464 g/mol. The van der Waals surface area contributed by atoms with Gasteiger partial charge in [-0.05, 0) is 61.7 Å². The molecule has 0 aliphatic carbocycles. The van der Waals surface area contributed by atoms with Gasteiger partial charge in [-0.25, -0.2) is 0 Å². The van der Waals surface area contributed by atoms with E-state index in [2.05, 4.69) is 27.2 Å². The second-order valence-electron chi connectivity index (χ2n) is 8.68. The van der Waals surface area contributed by atoms with E-state index < -0.39 is 6.10 Å². The molecule has 0 unspecified atom stereocenters. The first-order valence-electron chi connectivity index (χ1n) is 11.6. The fourth-order valence-electron chi connectivity index (χ4n) is 4.44. The number of piperidine rings is 1. The summed E-state index contributed by atoms with van der Waals surface area (Å²) in [6, 6.07) is 13.9. The minimum Gasteiger partial charge on any atom is -0.490 e. The summed E-state index contributed by atoms with van der Waals surface area (Å²) in [5, 5.41) is 18.4. The largest absolute Gasteiger partial charge is 0.490 e. The van der Waals surface area contributed by atoms with Crippen LogP contribution in [0.4, 0.5) is 0 Å². The Labute approximate surface area is 198 Å². The van der Waals surface area contributed by atoms with E-state index in [0.717, 1.165) is 43.0 Å². The van der Waals surface area contributed by atoms with E-state index in [1.807, 2.05) is 36.4 Å². The van der Waals surface area contributed by atoms with Crippen LogP contribution in [-0.4, -0.2) is 59.3 Å². The number of benzene rings is 2. The van der Waals surface area contributed by atoms with Gasteiger partial charge in [0.2, 0.25) is 18.6 Å². The molecule has 34 heavy (non-hydrogen) atoms. The molecular formula is C26H29N3O5. The summed E-state index contributed by atoms with van der Waals surface area (Å²) < 4.78 is 22.3. The Balaban J connectivity index is 1.10. The van der Waals surface area contributed by atoms with Crippen LogP contribution in [0.15, 0.2) is 46.9 Å². The van der Waals surface area contributed by atoms with Gasteiger partial charge in [0.25, 0.3) is 0 Å². The van der Waals surface area contributed by atoms with Crippen molar-refractivity contribution in [2.75, 3.05) is 33.0 Å². The van der Waals surface area contributed by atoms with Gasteiger partial charge >= 0.3 is 0 Å². The van der Waals surface area contributed by atoms with E-state index in [9.17, 15) is 5.11 Å². The van der Waals surface area contributed by atoms with E-state index in [4.69, 9.17) is 18.6 Å². The Morgan fingerprint density at radius 3 is 2.74 bits per heavy atom. The average Bonchev–Trinajstić information content (AvgIpc) is 3.50. The lowest BCUT2D eigenvalue weighted by Gasteiger charge is -2.33. The maximum atomic E-state index is 10.6. The molecule has 2 aliphatic heterocycles. The standard InChI is InChI=1S/C26H29N3O5/c1-18-27-28-26(34-18)9-7-20-4-2-3-5-23(20)31-16-22(30)15-29-12-10-19(11-13-29)21-6-8-24-25(14-21)33-17-32-24/h2-9,14,19,22,30H,10-13,15-17H2,1H3/t22-/m0/s1. The first-order chi connectivity index (χ1) is 16.6. The highest BCUT2D eigenvalue weighted by atomic mass is 16.7. The highest BCUT2D eigenvalue weighted by Crippen LogP contribution is 2.37. The fourth-order valence-corrected chi connectivity index (χ4v) is 4.44. The zero-order valence-corrected chi connectivity index (χ0v) is 19.2. The summed E-state index contributed by atoms with van der Waals surface area (Å²) >= 11 is 0. The predicted octanol–water partition coefficient (Wildman–Crippen LogP) is 3.90. The van der Waals surface area contributed by atoms with Crippen LogP contribution in [0.2, 0.25) is 0 Å². The third kappa shape index (κ3) is 5.40. The highest BCUT2D eigenvalue weighted by Gasteiger charge is 2.24. The van der Waals surface area contributed by atoms with Crippen LogP contribution in [0, 0.1) is 6.92 Å². The second-order valence-corrected chi connectivity index (χ2v) is 8.68. The Morgan fingerprint density at radius 2 is 1.91 bits per heavy atom. The van der Waals surface area contributed by atoms with Gasteiger partial charge in [0.05, 0.1) is 0 Å². The fraction of sp³-hybridized carbons (Fsp3) is 0.385. The number of β-amino-alcohol motifs (C(OH)–C–C–N with tert-alkyl or cyclic N) is 1. The summed E-state index contributed by atoms with van der Waals surface area (Å²) in [6.07, 6.45) is 5.16. The van der Waals surface area contributed by atoms with Crippen LogP contribution in [0.1, 0.15) is 41.7 Å². The summed E-state index contributed by atoms with van der Waals surface area (Å²) in [4.78, 5) is 2.31. The molecule has 178 valence electrons. The Morgan fingerprint density at radius 1 is 1.09 bits per heavy atom. The number of aryl methyl sites for hydroxylation is 1. The number of likely N-dealkylation sites (tertiary alicyclic amines) is 1. The first-order valence-corrected chi connectivity index (χ1v) is 11.6. The molecule has 2 aliphatic rings. The molecule has 0 saturated carbocycles. The third-order valence-corrected chi connectivity index (χ3v) is 6.22. The number of rotatable bonds is 8. The quantitative estimate of drug-likeness (QED) is 0.538. The van der Waals surface area contributed by atoms with Crippen molar-refractivity contribution in [2.24, 2.45) is 0 Å². The van der Waals surface area contributed by atoms with Crippen LogP contribution in [0.5, 0.6) is 17.2 Å². The van der Waals surface area contributed by atoms with Crippen molar-refractivity contribution in [2.45, 2.75) is 31.8 Å². The normalized spacial score (nSPS) is 17.4. The van der Waals surface area contributed by atoms with Gasteiger partial charge in [-0.2, -0.15) is 0 Å². The molecule has 0 radical (unpaired) electrons. The zero-order chi connectivity index (χ0) is 23.3. The Hall–Kier alpha value is -3.36. The zero-order valence-electron chi connectivity index (χ0n) is 19.2. The highest BCUT2D eigenvalue weighted by molar-refractivity contribution is 5.69. The molecule has 1 aromatic heterocycles. The number of ether oxygens (including phenoxy) is 3. The summed E-state index contributed by atoms with van der Waals surface area (Å²) in [6.45, 7) is 4.76. The Bertz CT molecular complexity index is 1140. The minimum absolute atomic E-state index is 0.229. The lowest BCUT2D eigenvalue weighted by atomic mass is 9.89. The summed E-state index contributed by atoms with van der Waals surface area (Å²) in [5.74, 6) is 3.83. The van der Waals surface area contributed by atoms with Crippen LogP contribution in [0.25, 0.3) is 12.2 Å². The summed E-state index contributed by atoms with van der Waals surface area (Å²) in [7, 11) is 0. The van der Waals surface area contributed by atoms with Crippen molar-refractivity contribution >= 4 is 12.2 Å². The molecule has 1 atom stereocenters. The maximum Gasteiger partial charge on any atom is 0.240 e. The Kier molecular flexibility index (Phi) is 6.78. The third-order valence-electron chi connectivity index (χ3n) is 6.22. The molecule has 8 heteroatoms. The van der Waals surface area contributed by atoms with Gasteiger partial charge in [-0.15, -0.1) is 10.2 Å². The van der Waals surface area contributed by atoms with Gasteiger partial charge < -0.3 is 28.6 Å². The molecule has 2 aromatic carbocycles. The smallest absolute Gasteiger partial charge is 0.240 e. The topological polar surface area (TPSA) is 90.1 Å². The van der Waals surface area contributed by atoms with Crippen molar-refractivity contribution in [3.05, 3.63) is 65.4 Å². The van der Waals surface area contributed by atoms with Crippen molar-refractivity contribution < 1.29 is 23.7 Å². The molecule has 3 aromatic rings. The predicted molar refractivity (Wildman–Crippen MR) is 127 cm³/mol. The number of hydrogen-bond acceptors (Lipinski definition) is 8. The lowest BCUT2D eigenvalue weighted by molar-refractivity contribution is 0.0594. The minimum atomic E-state index is -0.572. The van der Waals surface area contributed by atoms with E-state index >= 15 is 0 Å². The van der Waals surface area contributed by atoms with Gasteiger partial charge in [0.15, 0.2) is 11.5 Å². The number of aromatic nitrogens is 2. The first kappa shape index (κ1) is 22.4. The second kappa shape index (κ2) is 10.3. The maximum absolute atomic E-state index is 10.6. The van der Waals surface area contributed by atoms with E-state index in [-0.39, 0.29) is 6.61 Å². The molecule has 1 fully saturated rings. The van der Waals surface area contributed by atoms with Gasteiger partial charge in [0.1, 0.15) is 18.5 Å². The van der Waals surface area contributed by atoms with Gasteiger partial charge in [-0.3, -0.25) is 0 Å². The van der Waals surface area contributed by atoms with E-state index in [0.29, 0.717) is 36.8 Å². The molecule has 3 heterocycles. The summed E-state index contributed by atoms with van der Waals surface area (Å²) in [5.41, 5.74) is 2.18. The van der Waals surface area contributed by atoms with Crippen molar-refractivity contribution in [1.82, 2.24) is 15.1 Å². The monoisotopic (exact) mass is 463 g/mol. The molecule has 0 amide bonds. The number of nitrogens with zero attached hydrogens (tertiary/aromatic N) is 3. The van der Waals surface area contributed by atoms with Crippen molar-refractivity contribution in [3.63, 3.8) is 0 Å². The van der Waals surface area contributed by atoms with Crippen LogP contribution < -0.4 is 14.2 Å². The molecule has 8 nitrogen and oxygen atoms in total. The molecule has 1 saturated heterocycles. The number of para-hydroxylation sites is 1. The van der Waals surface area contributed by atoms with E-state index in [1.54, 1.807) is 13.0 Å². The van der Waals surface area contributed by atoms with Gasteiger partial charge in [0, 0.05) is 25.1 Å². The van der Waals surface area contributed by atoms with Crippen molar-refractivity contribution in [1.29, 1.82) is 0 Å². The van der Waals surface area contributed by atoms with Crippen molar-refractivity contribution in [3.8, 4) is 17.2 Å². The molecular weight excluding hydrogens is 434 g/mol. The SMILES string of the molecule is Cc1nnc(C=Cc2ccccc2OC[C@@H](O)CN2CCC(c3ccc4c(c3)OCO4)CC2)o1. The van der Waals surface area contributed by atoms with Gasteiger partial charge in [-0.1, -0.05) is 24.3 Å². The van der Waals surface area contributed by atoms with Crippen LogP contribution >= 0.6 is 0 Å². The lowest BCUT2D eigenvalue weighted by Crippen LogP contribution is -2.40. The number of aliphatic hydroxyl groups is 1.